The van der Waals surface area contributed by atoms with Crippen LogP contribution in [0.4, 0.5) is 0 Å². The third-order valence-corrected chi connectivity index (χ3v) is 3.17. The van der Waals surface area contributed by atoms with Crippen LogP contribution < -0.4 is 10.1 Å². The van der Waals surface area contributed by atoms with E-state index >= 15 is 0 Å². The molecule has 0 aliphatic heterocycles. The summed E-state index contributed by atoms with van der Waals surface area (Å²) in [6.45, 7) is 3.65. The van der Waals surface area contributed by atoms with E-state index in [9.17, 15) is 0 Å². The largest absolute Gasteiger partial charge is 0.495 e. The van der Waals surface area contributed by atoms with Crippen molar-refractivity contribution >= 4 is 0 Å². The third kappa shape index (κ3) is 3.59. The van der Waals surface area contributed by atoms with Crippen LogP contribution in [-0.2, 0) is 13.1 Å². The molecule has 0 heterocycles. The van der Waals surface area contributed by atoms with Gasteiger partial charge in [0.05, 0.1) is 12.7 Å². The molecular formula is C17H18N2O. The Hall–Kier alpha value is -2.31. The molecule has 0 spiro atoms. The van der Waals surface area contributed by atoms with Gasteiger partial charge in [-0.05, 0) is 30.2 Å². The molecule has 2 aromatic carbocycles. The highest BCUT2D eigenvalue weighted by atomic mass is 16.5. The van der Waals surface area contributed by atoms with Crippen molar-refractivity contribution in [3.8, 4) is 11.8 Å². The van der Waals surface area contributed by atoms with E-state index in [-0.39, 0.29) is 0 Å². The molecular weight excluding hydrogens is 248 g/mol. The van der Waals surface area contributed by atoms with Crippen molar-refractivity contribution in [2.24, 2.45) is 0 Å². The van der Waals surface area contributed by atoms with Crippen molar-refractivity contribution < 1.29 is 4.74 Å². The van der Waals surface area contributed by atoms with Gasteiger partial charge in [-0.1, -0.05) is 35.9 Å². The van der Waals surface area contributed by atoms with Gasteiger partial charge < -0.3 is 10.1 Å². The molecule has 20 heavy (non-hydrogen) atoms. The lowest BCUT2D eigenvalue weighted by molar-refractivity contribution is 0.412. The number of methoxy groups -OCH3 is 1. The van der Waals surface area contributed by atoms with E-state index in [1.165, 1.54) is 11.1 Å². The number of hydrogen-bond donors (Lipinski definition) is 1. The van der Waals surface area contributed by atoms with E-state index in [0.717, 1.165) is 18.7 Å². The van der Waals surface area contributed by atoms with Gasteiger partial charge in [-0.25, -0.2) is 0 Å². The number of nitrogens with zero attached hydrogens (tertiary/aromatic N) is 1. The van der Waals surface area contributed by atoms with Crippen LogP contribution in [0.3, 0.4) is 0 Å². The fourth-order valence-corrected chi connectivity index (χ4v) is 2.00. The molecule has 3 heteroatoms. The summed E-state index contributed by atoms with van der Waals surface area (Å²) in [6.07, 6.45) is 0. The second-order valence-corrected chi connectivity index (χ2v) is 4.74. The molecule has 0 fully saturated rings. The Bertz CT molecular complexity index is 612. The fraction of sp³-hybridized carbons (Fsp3) is 0.235. The molecule has 0 amide bonds. The predicted octanol–water partition coefficient (Wildman–Crippen LogP) is 3.17. The Morgan fingerprint density at radius 2 is 1.70 bits per heavy atom. The molecule has 0 aliphatic rings. The number of hydrogen-bond acceptors (Lipinski definition) is 3. The first-order chi connectivity index (χ1) is 9.72. The second-order valence-electron chi connectivity index (χ2n) is 4.74. The summed E-state index contributed by atoms with van der Waals surface area (Å²) in [7, 11) is 1.58. The molecule has 0 saturated heterocycles. The Morgan fingerprint density at radius 3 is 2.35 bits per heavy atom. The van der Waals surface area contributed by atoms with E-state index in [2.05, 4.69) is 42.6 Å². The minimum absolute atomic E-state index is 0.565. The zero-order chi connectivity index (χ0) is 14.4. The molecule has 0 bridgehead atoms. The number of benzene rings is 2. The van der Waals surface area contributed by atoms with Gasteiger partial charge in [0, 0.05) is 13.1 Å². The highest BCUT2D eigenvalue weighted by molar-refractivity contribution is 5.45. The maximum Gasteiger partial charge on any atom is 0.136 e. The molecule has 0 atom stereocenters. The highest BCUT2D eigenvalue weighted by Crippen LogP contribution is 2.19. The second kappa shape index (κ2) is 6.74. The first kappa shape index (κ1) is 14.1. The van der Waals surface area contributed by atoms with Crippen molar-refractivity contribution in [1.29, 1.82) is 5.26 Å². The van der Waals surface area contributed by atoms with E-state index < -0.39 is 0 Å². The molecule has 3 nitrogen and oxygen atoms in total. The number of rotatable bonds is 5. The van der Waals surface area contributed by atoms with Crippen molar-refractivity contribution in [2.45, 2.75) is 20.0 Å². The predicted molar refractivity (Wildman–Crippen MR) is 79.4 cm³/mol. The Morgan fingerprint density at radius 1 is 1.05 bits per heavy atom. The van der Waals surface area contributed by atoms with Crippen LogP contribution in [0.25, 0.3) is 0 Å². The zero-order valence-corrected chi connectivity index (χ0v) is 11.8. The van der Waals surface area contributed by atoms with Gasteiger partial charge in [-0.3, -0.25) is 0 Å². The van der Waals surface area contributed by atoms with Gasteiger partial charge in [0.2, 0.25) is 0 Å². The SMILES string of the molecule is COc1cc(CNCc2ccc(C)cc2)ccc1C#N. The van der Waals surface area contributed by atoms with Crippen LogP contribution in [0.15, 0.2) is 42.5 Å². The molecule has 2 rings (SSSR count). The molecule has 0 saturated carbocycles. The number of nitriles is 1. The maximum atomic E-state index is 8.94. The summed E-state index contributed by atoms with van der Waals surface area (Å²) >= 11 is 0. The van der Waals surface area contributed by atoms with Crippen LogP contribution in [0.1, 0.15) is 22.3 Å². The van der Waals surface area contributed by atoms with Gasteiger partial charge in [0.15, 0.2) is 0 Å². The van der Waals surface area contributed by atoms with Gasteiger partial charge in [-0.15, -0.1) is 0 Å². The molecule has 0 aromatic heterocycles. The molecule has 2 aromatic rings. The lowest BCUT2D eigenvalue weighted by Gasteiger charge is -2.08. The van der Waals surface area contributed by atoms with Crippen LogP contribution in [-0.4, -0.2) is 7.11 Å². The van der Waals surface area contributed by atoms with Crippen molar-refractivity contribution in [2.75, 3.05) is 7.11 Å². The summed E-state index contributed by atoms with van der Waals surface area (Å²) in [5.41, 5.74) is 4.20. The highest BCUT2D eigenvalue weighted by Gasteiger charge is 2.03. The summed E-state index contributed by atoms with van der Waals surface area (Å²) in [6, 6.07) is 16.2. The van der Waals surface area contributed by atoms with Gasteiger partial charge >= 0.3 is 0 Å². The minimum Gasteiger partial charge on any atom is -0.495 e. The van der Waals surface area contributed by atoms with E-state index in [1.807, 2.05) is 12.1 Å². The smallest absolute Gasteiger partial charge is 0.136 e. The standard InChI is InChI=1S/C17H18N2O/c1-13-3-5-14(6-4-13)11-19-12-15-7-8-16(10-18)17(9-15)20-2/h3-9,19H,11-12H2,1-2H3. The topological polar surface area (TPSA) is 45.0 Å². The summed E-state index contributed by atoms with van der Waals surface area (Å²) in [4.78, 5) is 0. The van der Waals surface area contributed by atoms with Crippen LogP contribution in [0.2, 0.25) is 0 Å². The lowest BCUT2D eigenvalue weighted by atomic mass is 10.1. The Kier molecular flexibility index (Phi) is 4.75. The molecule has 0 radical (unpaired) electrons. The average molecular weight is 266 g/mol. The lowest BCUT2D eigenvalue weighted by Crippen LogP contribution is -2.12. The Balaban J connectivity index is 1.94. The van der Waals surface area contributed by atoms with Gasteiger partial charge in [0.25, 0.3) is 0 Å². The first-order valence-corrected chi connectivity index (χ1v) is 6.56. The van der Waals surface area contributed by atoms with Crippen molar-refractivity contribution in [1.82, 2.24) is 5.32 Å². The molecule has 0 unspecified atom stereocenters. The third-order valence-electron chi connectivity index (χ3n) is 3.17. The van der Waals surface area contributed by atoms with E-state index in [4.69, 9.17) is 10.00 Å². The van der Waals surface area contributed by atoms with Crippen LogP contribution >= 0.6 is 0 Å². The van der Waals surface area contributed by atoms with E-state index in [1.54, 1.807) is 13.2 Å². The van der Waals surface area contributed by atoms with E-state index in [0.29, 0.717) is 11.3 Å². The fourth-order valence-electron chi connectivity index (χ4n) is 2.00. The molecule has 1 N–H and O–H groups in total. The monoisotopic (exact) mass is 266 g/mol. The number of aryl methyl sites for hydroxylation is 1. The normalized spacial score (nSPS) is 10.1. The van der Waals surface area contributed by atoms with Gasteiger partial charge in [0.1, 0.15) is 11.8 Å². The number of nitrogens with one attached hydrogen (secondary N) is 1. The first-order valence-electron chi connectivity index (χ1n) is 6.56. The summed E-state index contributed by atoms with van der Waals surface area (Å²) in [5.74, 6) is 0.627. The Labute approximate surface area is 119 Å². The number of ether oxygens (including phenoxy) is 1. The van der Waals surface area contributed by atoms with Crippen LogP contribution in [0, 0.1) is 18.3 Å². The zero-order valence-electron chi connectivity index (χ0n) is 11.8. The summed E-state index contributed by atoms with van der Waals surface area (Å²) in [5, 5.41) is 12.3. The van der Waals surface area contributed by atoms with Gasteiger partial charge in [-0.2, -0.15) is 5.26 Å². The van der Waals surface area contributed by atoms with Crippen LogP contribution in [0.5, 0.6) is 5.75 Å². The molecule has 102 valence electrons. The molecule has 0 aliphatic carbocycles. The minimum atomic E-state index is 0.565. The van der Waals surface area contributed by atoms with Crippen molar-refractivity contribution in [3.63, 3.8) is 0 Å². The maximum absolute atomic E-state index is 8.94. The quantitative estimate of drug-likeness (QED) is 0.904. The van der Waals surface area contributed by atoms with Crippen molar-refractivity contribution in [3.05, 3.63) is 64.7 Å². The summed E-state index contributed by atoms with van der Waals surface area (Å²) < 4.78 is 5.20. The average Bonchev–Trinajstić information content (AvgIpc) is 2.49.